The average molecular weight is 286 g/mol. The second-order valence-electron chi connectivity index (χ2n) is 7.96. The van der Waals surface area contributed by atoms with Gasteiger partial charge in [-0.05, 0) is 40.9 Å². The molecule has 0 aliphatic carbocycles. The molecule has 3 heteroatoms. The lowest BCUT2D eigenvalue weighted by Gasteiger charge is -2.23. The van der Waals surface area contributed by atoms with E-state index in [9.17, 15) is 13.2 Å². The van der Waals surface area contributed by atoms with Gasteiger partial charge >= 0.3 is 6.18 Å². The molecule has 0 N–H and O–H groups in total. The molecule has 1 rings (SSSR count). The molecule has 0 saturated heterocycles. The molecular weight excluding hydrogens is 261 g/mol. The Hall–Kier alpha value is -0.990. The maximum absolute atomic E-state index is 13.2. The molecule has 1 aromatic rings. The summed E-state index contributed by atoms with van der Waals surface area (Å²) in [7, 11) is 0. The van der Waals surface area contributed by atoms with Crippen molar-refractivity contribution in [3.63, 3.8) is 0 Å². The fraction of sp³-hybridized carbons (Fsp3) is 0.647. The monoisotopic (exact) mass is 286 g/mol. The third kappa shape index (κ3) is 5.56. The van der Waals surface area contributed by atoms with E-state index >= 15 is 0 Å². The molecule has 1 aromatic carbocycles. The van der Waals surface area contributed by atoms with E-state index in [1.54, 1.807) is 6.07 Å². The minimum atomic E-state index is -4.28. The van der Waals surface area contributed by atoms with Crippen LogP contribution in [0.1, 0.15) is 58.2 Å². The minimum Gasteiger partial charge on any atom is -0.166 e. The SMILES string of the molecule is CC(C)(C)Cc1ccc(CC(C)(C)C)c(C(F)(F)F)c1. The summed E-state index contributed by atoms with van der Waals surface area (Å²) in [6.07, 6.45) is -3.21. The second kappa shape index (κ2) is 5.42. The fourth-order valence-electron chi connectivity index (χ4n) is 2.34. The molecule has 0 nitrogen and oxygen atoms in total. The Morgan fingerprint density at radius 3 is 1.70 bits per heavy atom. The van der Waals surface area contributed by atoms with Gasteiger partial charge in [-0.15, -0.1) is 0 Å². The van der Waals surface area contributed by atoms with Gasteiger partial charge in [0.2, 0.25) is 0 Å². The van der Waals surface area contributed by atoms with Crippen LogP contribution < -0.4 is 0 Å². The number of alkyl halides is 3. The Morgan fingerprint density at radius 1 is 0.800 bits per heavy atom. The summed E-state index contributed by atoms with van der Waals surface area (Å²) in [5, 5.41) is 0. The highest BCUT2D eigenvalue weighted by Gasteiger charge is 2.34. The molecule has 0 unspecified atom stereocenters. The smallest absolute Gasteiger partial charge is 0.166 e. The van der Waals surface area contributed by atoms with Crippen LogP contribution in [0.25, 0.3) is 0 Å². The van der Waals surface area contributed by atoms with Crippen LogP contribution in [0.3, 0.4) is 0 Å². The Balaban J connectivity index is 3.21. The van der Waals surface area contributed by atoms with Crippen molar-refractivity contribution in [2.45, 2.75) is 60.6 Å². The van der Waals surface area contributed by atoms with E-state index in [0.29, 0.717) is 18.4 Å². The van der Waals surface area contributed by atoms with Gasteiger partial charge in [-0.2, -0.15) is 13.2 Å². The molecule has 0 bridgehead atoms. The van der Waals surface area contributed by atoms with Gasteiger partial charge in [-0.1, -0.05) is 53.7 Å². The van der Waals surface area contributed by atoms with Crippen molar-refractivity contribution >= 4 is 0 Å². The number of hydrogen-bond acceptors (Lipinski definition) is 0. The standard InChI is InChI=1S/C17H25F3/c1-15(2,3)10-12-7-8-13(11-16(4,5)6)14(9-12)17(18,19)20/h7-9H,10-11H2,1-6H3. The molecular formula is C17H25F3. The van der Waals surface area contributed by atoms with E-state index in [2.05, 4.69) is 0 Å². The lowest BCUT2D eigenvalue weighted by molar-refractivity contribution is -0.138. The zero-order valence-electron chi connectivity index (χ0n) is 13.3. The molecule has 0 aliphatic heterocycles. The summed E-state index contributed by atoms with van der Waals surface area (Å²) in [5.74, 6) is 0. The second-order valence-corrected chi connectivity index (χ2v) is 7.96. The average Bonchev–Trinajstić information content (AvgIpc) is 2.14. The van der Waals surface area contributed by atoms with Crippen LogP contribution in [0, 0.1) is 10.8 Å². The molecule has 0 aliphatic rings. The number of benzene rings is 1. The minimum absolute atomic E-state index is 0.0194. The molecule has 0 heterocycles. The summed E-state index contributed by atoms with van der Waals surface area (Å²) < 4.78 is 39.7. The molecule has 0 spiro atoms. The number of halogens is 3. The van der Waals surface area contributed by atoms with Crippen LogP contribution in [-0.4, -0.2) is 0 Å². The van der Waals surface area contributed by atoms with E-state index in [1.807, 2.05) is 47.6 Å². The highest BCUT2D eigenvalue weighted by atomic mass is 19.4. The van der Waals surface area contributed by atoms with Gasteiger partial charge in [0, 0.05) is 0 Å². The maximum Gasteiger partial charge on any atom is 0.416 e. The third-order valence-corrected chi connectivity index (χ3v) is 2.93. The summed E-state index contributed by atoms with van der Waals surface area (Å²) in [4.78, 5) is 0. The first kappa shape index (κ1) is 17.1. The summed E-state index contributed by atoms with van der Waals surface area (Å²) in [6, 6.07) is 4.81. The first-order chi connectivity index (χ1) is 8.78. The maximum atomic E-state index is 13.2. The van der Waals surface area contributed by atoms with E-state index in [-0.39, 0.29) is 10.8 Å². The van der Waals surface area contributed by atoms with E-state index < -0.39 is 11.7 Å². The van der Waals surface area contributed by atoms with Gasteiger partial charge in [0.25, 0.3) is 0 Å². The van der Waals surface area contributed by atoms with Crippen molar-refractivity contribution in [3.05, 3.63) is 34.9 Å². The van der Waals surface area contributed by atoms with Gasteiger partial charge in [-0.3, -0.25) is 0 Å². The van der Waals surface area contributed by atoms with Gasteiger partial charge in [0.05, 0.1) is 5.56 Å². The molecule has 0 atom stereocenters. The highest BCUT2D eigenvalue weighted by Crippen LogP contribution is 2.36. The molecule has 0 fully saturated rings. The van der Waals surface area contributed by atoms with Gasteiger partial charge in [0.1, 0.15) is 0 Å². The van der Waals surface area contributed by atoms with E-state index in [1.165, 1.54) is 6.07 Å². The Morgan fingerprint density at radius 2 is 1.30 bits per heavy atom. The predicted molar refractivity (Wildman–Crippen MR) is 77.8 cm³/mol. The summed E-state index contributed by atoms with van der Waals surface area (Å²) in [5.41, 5.74) is 0.485. The quantitative estimate of drug-likeness (QED) is 0.636. The molecule has 114 valence electrons. The fourth-order valence-corrected chi connectivity index (χ4v) is 2.34. The molecule has 0 radical (unpaired) electrons. The summed E-state index contributed by atoms with van der Waals surface area (Å²) in [6.45, 7) is 12.0. The lowest BCUT2D eigenvalue weighted by atomic mass is 9.83. The lowest BCUT2D eigenvalue weighted by Crippen LogP contribution is -2.17. The zero-order chi connectivity index (χ0) is 15.8. The number of rotatable bonds is 2. The first-order valence-corrected chi connectivity index (χ1v) is 6.97. The topological polar surface area (TPSA) is 0 Å². The van der Waals surface area contributed by atoms with Crippen LogP contribution in [0.15, 0.2) is 18.2 Å². The Labute approximate surface area is 120 Å². The predicted octanol–water partition coefficient (Wildman–Crippen LogP) is 5.88. The van der Waals surface area contributed by atoms with Crippen molar-refractivity contribution < 1.29 is 13.2 Å². The zero-order valence-corrected chi connectivity index (χ0v) is 13.3. The van der Waals surface area contributed by atoms with E-state index in [4.69, 9.17) is 0 Å². The third-order valence-electron chi connectivity index (χ3n) is 2.93. The van der Waals surface area contributed by atoms with Crippen LogP contribution in [0.2, 0.25) is 0 Å². The Bertz CT molecular complexity index is 457. The van der Waals surface area contributed by atoms with Crippen molar-refractivity contribution in [2.75, 3.05) is 0 Å². The molecule has 0 aromatic heterocycles. The highest BCUT2D eigenvalue weighted by molar-refractivity contribution is 5.35. The largest absolute Gasteiger partial charge is 0.416 e. The van der Waals surface area contributed by atoms with E-state index in [0.717, 1.165) is 5.56 Å². The number of hydrogen-bond donors (Lipinski definition) is 0. The summed E-state index contributed by atoms with van der Waals surface area (Å²) >= 11 is 0. The van der Waals surface area contributed by atoms with Crippen molar-refractivity contribution in [3.8, 4) is 0 Å². The van der Waals surface area contributed by atoms with Crippen molar-refractivity contribution in [1.29, 1.82) is 0 Å². The first-order valence-electron chi connectivity index (χ1n) is 6.97. The van der Waals surface area contributed by atoms with Gasteiger partial charge < -0.3 is 0 Å². The van der Waals surface area contributed by atoms with Crippen molar-refractivity contribution in [2.24, 2.45) is 10.8 Å². The van der Waals surface area contributed by atoms with Crippen LogP contribution in [0.5, 0.6) is 0 Å². The van der Waals surface area contributed by atoms with Crippen LogP contribution in [-0.2, 0) is 19.0 Å². The molecule has 0 amide bonds. The normalized spacial score (nSPS) is 13.7. The molecule has 0 saturated carbocycles. The van der Waals surface area contributed by atoms with Crippen LogP contribution in [0.4, 0.5) is 13.2 Å². The molecule has 20 heavy (non-hydrogen) atoms. The Kier molecular flexibility index (Phi) is 4.62. The van der Waals surface area contributed by atoms with Crippen LogP contribution >= 0.6 is 0 Å². The van der Waals surface area contributed by atoms with Crippen molar-refractivity contribution in [1.82, 2.24) is 0 Å². The van der Waals surface area contributed by atoms with Gasteiger partial charge in [-0.25, -0.2) is 0 Å². The van der Waals surface area contributed by atoms with Gasteiger partial charge in [0.15, 0.2) is 0 Å².